The number of nitrogens with zero attached hydrogens (tertiary/aromatic N) is 3. The highest BCUT2D eigenvalue weighted by Gasteiger charge is 2.28. The maximum absolute atomic E-state index is 11.4. The fourth-order valence-corrected chi connectivity index (χ4v) is 1.89. The van der Waals surface area contributed by atoms with Gasteiger partial charge >= 0.3 is 0 Å². The van der Waals surface area contributed by atoms with E-state index in [-0.39, 0.29) is 11.3 Å². The average molecular weight is 214 g/mol. The number of aromatic nitrogens is 2. The molecule has 2 rings (SSSR count). The Morgan fingerprint density at radius 1 is 1.71 bits per heavy atom. The highest BCUT2D eigenvalue weighted by atomic mass is 35.5. The summed E-state index contributed by atoms with van der Waals surface area (Å²) >= 11 is 5.89. The van der Waals surface area contributed by atoms with Gasteiger partial charge in [0, 0.05) is 32.4 Å². The Labute approximate surface area is 87.5 Å². The average Bonchev–Trinajstić information content (AvgIpc) is 2.62. The van der Waals surface area contributed by atoms with Crippen molar-refractivity contribution < 1.29 is 4.79 Å². The molecule has 2 heterocycles. The van der Waals surface area contributed by atoms with Gasteiger partial charge in [0.1, 0.15) is 5.82 Å². The number of carbonyl (C=O) groups excluding carboxylic acids is 1. The molecule has 5 heteroatoms. The second-order valence-electron chi connectivity index (χ2n) is 3.53. The summed E-state index contributed by atoms with van der Waals surface area (Å²) < 4.78 is 1.91. The quantitative estimate of drug-likeness (QED) is 0.681. The minimum Gasteiger partial charge on any atom is -0.337 e. The Hall–Kier alpha value is -1.03. The van der Waals surface area contributed by atoms with Crippen LogP contribution in [0.3, 0.4) is 0 Å². The third-order valence-electron chi connectivity index (χ3n) is 2.42. The van der Waals surface area contributed by atoms with Gasteiger partial charge in [0.05, 0.1) is 11.9 Å². The Morgan fingerprint density at radius 2 is 2.50 bits per heavy atom. The molecule has 1 atom stereocenters. The lowest BCUT2D eigenvalue weighted by Gasteiger charge is -2.14. The van der Waals surface area contributed by atoms with Gasteiger partial charge in [0.2, 0.25) is 5.91 Å². The standard InChI is InChI=1S/C9H12ClN3O/c1-12-3-2-11-8(12)6-13-5-7(10)4-9(13)14/h2-3,7H,4-6H2,1H3. The molecule has 0 aliphatic carbocycles. The third-order valence-corrected chi connectivity index (χ3v) is 2.71. The van der Waals surface area contributed by atoms with Crippen molar-refractivity contribution in [3.05, 3.63) is 18.2 Å². The first-order chi connectivity index (χ1) is 6.66. The van der Waals surface area contributed by atoms with Crippen molar-refractivity contribution in [2.45, 2.75) is 18.3 Å². The number of halogens is 1. The van der Waals surface area contributed by atoms with Crippen LogP contribution in [0.15, 0.2) is 12.4 Å². The Balaban J connectivity index is 2.05. The fourth-order valence-electron chi connectivity index (χ4n) is 1.60. The molecule has 1 aromatic rings. The van der Waals surface area contributed by atoms with Crippen LogP contribution in [0.5, 0.6) is 0 Å². The van der Waals surface area contributed by atoms with Crippen LogP contribution < -0.4 is 0 Å². The van der Waals surface area contributed by atoms with Crippen molar-refractivity contribution in [2.75, 3.05) is 6.54 Å². The minimum absolute atomic E-state index is 0.0391. The number of amides is 1. The predicted octanol–water partition coefficient (Wildman–Crippen LogP) is 0.760. The van der Waals surface area contributed by atoms with Crippen LogP contribution in [0.4, 0.5) is 0 Å². The smallest absolute Gasteiger partial charge is 0.224 e. The third kappa shape index (κ3) is 1.75. The number of rotatable bonds is 2. The molecule has 0 radical (unpaired) electrons. The lowest BCUT2D eigenvalue weighted by atomic mass is 10.4. The van der Waals surface area contributed by atoms with Gasteiger partial charge in [-0.1, -0.05) is 0 Å². The molecular formula is C9H12ClN3O. The maximum Gasteiger partial charge on any atom is 0.224 e. The van der Waals surface area contributed by atoms with Gasteiger partial charge in [-0.2, -0.15) is 0 Å². The SMILES string of the molecule is Cn1ccnc1CN1CC(Cl)CC1=O. The molecule has 1 aliphatic heterocycles. The van der Waals surface area contributed by atoms with Crippen LogP contribution in [-0.2, 0) is 18.4 Å². The fraction of sp³-hybridized carbons (Fsp3) is 0.556. The molecule has 0 spiro atoms. The molecule has 1 fully saturated rings. The van der Waals surface area contributed by atoms with E-state index in [0.29, 0.717) is 19.5 Å². The van der Waals surface area contributed by atoms with Gasteiger partial charge < -0.3 is 9.47 Å². The molecule has 1 aromatic heterocycles. The second-order valence-corrected chi connectivity index (χ2v) is 4.15. The normalized spacial score (nSPS) is 22.0. The molecular weight excluding hydrogens is 202 g/mol. The Kier molecular flexibility index (Phi) is 2.46. The monoisotopic (exact) mass is 213 g/mol. The van der Waals surface area contributed by atoms with E-state index >= 15 is 0 Å². The minimum atomic E-state index is -0.0391. The number of aryl methyl sites for hydroxylation is 1. The summed E-state index contributed by atoms with van der Waals surface area (Å²) in [6, 6.07) is 0. The number of alkyl halides is 1. The zero-order valence-corrected chi connectivity index (χ0v) is 8.74. The summed E-state index contributed by atoms with van der Waals surface area (Å²) in [5.74, 6) is 1.01. The van der Waals surface area contributed by atoms with Gasteiger partial charge in [0.15, 0.2) is 0 Å². The van der Waals surface area contributed by atoms with Gasteiger partial charge in [0.25, 0.3) is 0 Å². The first-order valence-electron chi connectivity index (χ1n) is 4.55. The van der Waals surface area contributed by atoms with Gasteiger partial charge in [-0.15, -0.1) is 11.6 Å². The van der Waals surface area contributed by atoms with Crippen molar-refractivity contribution >= 4 is 17.5 Å². The summed E-state index contributed by atoms with van der Waals surface area (Å²) in [4.78, 5) is 17.3. The highest BCUT2D eigenvalue weighted by Crippen LogP contribution is 2.17. The molecule has 1 aliphatic rings. The predicted molar refractivity (Wildman–Crippen MR) is 52.9 cm³/mol. The molecule has 14 heavy (non-hydrogen) atoms. The second kappa shape index (κ2) is 3.61. The van der Waals surface area contributed by atoms with Gasteiger partial charge in [-0.05, 0) is 0 Å². The van der Waals surface area contributed by atoms with Crippen LogP contribution in [0.1, 0.15) is 12.2 Å². The van der Waals surface area contributed by atoms with E-state index in [4.69, 9.17) is 11.6 Å². The van der Waals surface area contributed by atoms with Crippen molar-refractivity contribution in [2.24, 2.45) is 7.05 Å². The van der Waals surface area contributed by atoms with Crippen molar-refractivity contribution in [1.29, 1.82) is 0 Å². The van der Waals surface area contributed by atoms with E-state index in [0.717, 1.165) is 5.82 Å². The first kappa shape index (κ1) is 9.52. The molecule has 1 amide bonds. The maximum atomic E-state index is 11.4. The van der Waals surface area contributed by atoms with Gasteiger partial charge in [-0.25, -0.2) is 4.98 Å². The van der Waals surface area contributed by atoms with E-state index in [1.165, 1.54) is 0 Å². The zero-order valence-electron chi connectivity index (χ0n) is 7.98. The Morgan fingerprint density at radius 3 is 3.00 bits per heavy atom. The highest BCUT2D eigenvalue weighted by molar-refractivity contribution is 6.22. The summed E-state index contributed by atoms with van der Waals surface area (Å²) in [6.07, 6.45) is 4.05. The molecule has 0 bridgehead atoms. The summed E-state index contributed by atoms with van der Waals surface area (Å²) in [5.41, 5.74) is 0. The lowest BCUT2D eigenvalue weighted by Crippen LogP contribution is -2.26. The van der Waals surface area contributed by atoms with Crippen molar-refractivity contribution in [3.8, 4) is 0 Å². The molecule has 1 unspecified atom stereocenters. The number of hydrogen-bond acceptors (Lipinski definition) is 2. The lowest BCUT2D eigenvalue weighted by molar-refractivity contribution is -0.128. The van der Waals surface area contributed by atoms with Crippen LogP contribution in [-0.4, -0.2) is 32.3 Å². The Bertz CT molecular complexity index is 350. The number of imidazole rings is 1. The van der Waals surface area contributed by atoms with Crippen LogP contribution >= 0.6 is 11.6 Å². The van der Waals surface area contributed by atoms with Gasteiger partial charge in [-0.3, -0.25) is 4.79 Å². The van der Waals surface area contributed by atoms with E-state index in [2.05, 4.69) is 4.98 Å². The zero-order chi connectivity index (χ0) is 10.1. The molecule has 0 saturated carbocycles. The number of hydrogen-bond donors (Lipinski definition) is 0. The molecule has 1 saturated heterocycles. The summed E-state index contributed by atoms with van der Waals surface area (Å²) in [5, 5.41) is -0.0391. The van der Waals surface area contributed by atoms with E-state index in [1.54, 1.807) is 11.1 Å². The number of likely N-dealkylation sites (tertiary alicyclic amines) is 1. The molecule has 76 valence electrons. The van der Waals surface area contributed by atoms with E-state index in [1.807, 2.05) is 17.8 Å². The first-order valence-corrected chi connectivity index (χ1v) is 4.98. The van der Waals surface area contributed by atoms with Crippen LogP contribution in [0, 0.1) is 0 Å². The topological polar surface area (TPSA) is 38.1 Å². The van der Waals surface area contributed by atoms with E-state index in [9.17, 15) is 4.79 Å². The molecule has 4 nitrogen and oxygen atoms in total. The summed E-state index contributed by atoms with van der Waals surface area (Å²) in [7, 11) is 1.92. The molecule has 0 N–H and O–H groups in total. The molecule has 0 aromatic carbocycles. The van der Waals surface area contributed by atoms with Crippen molar-refractivity contribution in [3.63, 3.8) is 0 Å². The number of carbonyl (C=O) groups is 1. The summed E-state index contributed by atoms with van der Waals surface area (Å²) in [6.45, 7) is 1.19. The van der Waals surface area contributed by atoms with Crippen molar-refractivity contribution in [1.82, 2.24) is 14.5 Å². The largest absolute Gasteiger partial charge is 0.337 e. The van der Waals surface area contributed by atoms with E-state index < -0.39 is 0 Å². The van der Waals surface area contributed by atoms with Crippen LogP contribution in [0.2, 0.25) is 0 Å². The van der Waals surface area contributed by atoms with Crippen LogP contribution in [0.25, 0.3) is 0 Å².